The molecule has 0 spiro atoms. The van der Waals surface area contributed by atoms with Crippen LogP contribution in [-0.2, 0) is 65.4 Å². The molecular weight excluding hydrogens is 1100 g/mol. The van der Waals surface area contributed by atoms with Crippen molar-refractivity contribution in [3.63, 3.8) is 0 Å². The SMILES string of the molecule is CCCCCCCCCCCCC(=O)O[C@H](COC(=O)CCCCCCCCCCC)COP(=O)(O)OC[C@H](O)COP(=O)(O)OC[C@@H](COC(=O)CCCCCCCCCCCC(C)C)OC(=O)CCCCCCCCCCCC(C)C. The van der Waals surface area contributed by atoms with Gasteiger partial charge in [-0.15, -0.1) is 0 Å². The average Bonchev–Trinajstić information content (AvgIpc) is 3.49. The number of carbonyl (C=O) groups excluding carboxylic acids is 4. The van der Waals surface area contributed by atoms with Crippen molar-refractivity contribution >= 4 is 39.5 Å². The molecule has 83 heavy (non-hydrogen) atoms. The van der Waals surface area contributed by atoms with Crippen molar-refractivity contribution in [2.45, 2.75) is 336 Å². The summed E-state index contributed by atoms with van der Waals surface area (Å²) in [6.07, 6.45) is 38.9. The Balaban J connectivity index is 5.24. The quantitative estimate of drug-likeness (QED) is 0.0222. The number of rotatable bonds is 63. The number of phosphoric acid groups is 2. The number of ether oxygens (including phenoxy) is 4. The van der Waals surface area contributed by atoms with Crippen LogP contribution < -0.4 is 0 Å². The van der Waals surface area contributed by atoms with Crippen molar-refractivity contribution in [3.05, 3.63) is 0 Å². The molecule has 0 aliphatic rings. The van der Waals surface area contributed by atoms with Gasteiger partial charge in [-0.05, 0) is 37.5 Å². The highest BCUT2D eigenvalue weighted by atomic mass is 31.2. The Hall–Kier alpha value is -1.94. The van der Waals surface area contributed by atoms with E-state index in [0.717, 1.165) is 102 Å². The lowest BCUT2D eigenvalue weighted by Crippen LogP contribution is -2.30. The van der Waals surface area contributed by atoms with E-state index < -0.39 is 97.5 Å². The van der Waals surface area contributed by atoms with Crippen molar-refractivity contribution in [2.24, 2.45) is 11.8 Å². The number of hydrogen-bond donors (Lipinski definition) is 3. The average molecular weight is 1230 g/mol. The Morgan fingerprint density at radius 2 is 0.554 bits per heavy atom. The standard InChI is InChI=1S/C64H124O17P2/c1-7-9-11-13-15-17-23-30-36-42-48-63(68)80-59(52-74-61(66)46-40-34-28-20-16-14-12-10-8-2)54-78-82(70,71)76-50-58(65)51-77-83(72,73)79-55-60(81-64(69)49-43-37-31-25-19-22-27-33-39-45-57(5)6)53-75-62(67)47-41-35-29-24-18-21-26-32-38-44-56(3)4/h56-60,65H,7-55H2,1-6H3,(H,70,71)(H,72,73)/t58-,59+,60+/m0/s1. The molecule has 0 amide bonds. The van der Waals surface area contributed by atoms with Crippen LogP contribution in [0, 0.1) is 11.8 Å². The van der Waals surface area contributed by atoms with Crippen molar-refractivity contribution in [1.82, 2.24) is 0 Å². The lowest BCUT2D eigenvalue weighted by atomic mass is 10.0. The predicted molar refractivity (Wildman–Crippen MR) is 331 cm³/mol. The lowest BCUT2D eigenvalue weighted by Gasteiger charge is -2.21. The van der Waals surface area contributed by atoms with Crippen LogP contribution in [0.15, 0.2) is 0 Å². The number of carbonyl (C=O) groups is 4. The molecule has 3 N–H and O–H groups in total. The van der Waals surface area contributed by atoms with Gasteiger partial charge in [-0.25, -0.2) is 9.13 Å². The third-order valence-electron chi connectivity index (χ3n) is 14.7. The summed E-state index contributed by atoms with van der Waals surface area (Å²) in [7, 11) is -9.88. The first-order chi connectivity index (χ1) is 39.9. The Morgan fingerprint density at radius 1 is 0.325 bits per heavy atom. The van der Waals surface area contributed by atoms with Crippen LogP contribution in [0.4, 0.5) is 0 Å². The molecule has 19 heteroatoms. The largest absolute Gasteiger partial charge is 0.472 e. The fourth-order valence-electron chi connectivity index (χ4n) is 9.53. The summed E-state index contributed by atoms with van der Waals surface area (Å²) in [5, 5.41) is 10.5. The highest BCUT2D eigenvalue weighted by Gasteiger charge is 2.30. The van der Waals surface area contributed by atoms with Gasteiger partial charge in [0, 0.05) is 25.7 Å². The number of unbranched alkanes of at least 4 members (excludes halogenated alkanes) is 33. The van der Waals surface area contributed by atoms with E-state index in [-0.39, 0.29) is 25.7 Å². The van der Waals surface area contributed by atoms with Gasteiger partial charge in [0.25, 0.3) is 0 Å². The number of esters is 4. The van der Waals surface area contributed by atoms with E-state index in [9.17, 15) is 43.2 Å². The van der Waals surface area contributed by atoms with Crippen LogP contribution in [-0.4, -0.2) is 96.7 Å². The van der Waals surface area contributed by atoms with Crippen LogP contribution >= 0.6 is 15.6 Å². The Bertz CT molecular complexity index is 1630. The van der Waals surface area contributed by atoms with Gasteiger partial charge in [0.2, 0.25) is 0 Å². The zero-order valence-corrected chi connectivity index (χ0v) is 55.3. The van der Waals surface area contributed by atoms with Crippen LogP contribution in [0.3, 0.4) is 0 Å². The highest BCUT2D eigenvalue weighted by molar-refractivity contribution is 7.47. The maximum atomic E-state index is 13.0. The maximum absolute atomic E-state index is 13.0. The fraction of sp³-hybridized carbons (Fsp3) is 0.938. The molecule has 0 saturated carbocycles. The van der Waals surface area contributed by atoms with E-state index in [1.54, 1.807) is 0 Å². The molecule has 0 aliphatic heterocycles. The van der Waals surface area contributed by atoms with Gasteiger partial charge in [0.05, 0.1) is 26.4 Å². The molecule has 2 unspecified atom stereocenters. The lowest BCUT2D eigenvalue weighted by molar-refractivity contribution is -0.161. The van der Waals surface area contributed by atoms with Crippen molar-refractivity contribution in [1.29, 1.82) is 0 Å². The highest BCUT2D eigenvalue weighted by Crippen LogP contribution is 2.45. The van der Waals surface area contributed by atoms with E-state index in [1.165, 1.54) is 135 Å². The van der Waals surface area contributed by atoms with E-state index >= 15 is 0 Å². The van der Waals surface area contributed by atoms with Crippen LogP contribution in [0.25, 0.3) is 0 Å². The first kappa shape index (κ1) is 81.1. The first-order valence-corrected chi connectivity index (χ1v) is 36.5. The molecule has 17 nitrogen and oxygen atoms in total. The Morgan fingerprint density at radius 3 is 0.819 bits per heavy atom. The Labute approximate surface area is 505 Å². The minimum Gasteiger partial charge on any atom is -0.462 e. The molecule has 492 valence electrons. The zero-order chi connectivity index (χ0) is 61.5. The minimum absolute atomic E-state index is 0.105. The predicted octanol–water partition coefficient (Wildman–Crippen LogP) is 17.7. The van der Waals surface area contributed by atoms with Crippen LogP contribution in [0.2, 0.25) is 0 Å². The van der Waals surface area contributed by atoms with Gasteiger partial charge >= 0.3 is 39.5 Å². The van der Waals surface area contributed by atoms with Gasteiger partial charge in [-0.2, -0.15) is 0 Å². The zero-order valence-electron chi connectivity index (χ0n) is 53.5. The van der Waals surface area contributed by atoms with Crippen LogP contribution in [0.5, 0.6) is 0 Å². The third kappa shape index (κ3) is 58.8. The van der Waals surface area contributed by atoms with E-state index in [4.69, 9.17) is 37.0 Å². The van der Waals surface area contributed by atoms with Crippen LogP contribution in [0.1, 0.15) is 318 Å². The normalized spacial score (nSPS) is 14.3. The molecular formula is C64H124O17P2. The summed E-state index contributed by atoms with van der Waals surface area (Å²) >= 11 is 0. The molecule has 0 heterocycles. The summed E-state index contributed by atoms with van der Waals surface area (Å²) in [5.74, 6) is -0.655. The topological polar surface area (TPSA) is 237 Å². The van der Waals surface area contributed by atoms with Gasteiger partial charge < -0.3 is 33.8 Å². The second-order valence-corrected chi connectivity index (χ2v) is 27.0. The second kappa shape index (κ2) is 56.6. The monoisotopic (exact) mass is 1230 g/mol. The van der Waals surface area contributed by atoms with E-state index in [0.29, 0.717) is 25.7 Å². The summed E-state index contributed by atoms with van der Waals surface area (Å²) in [5.41, 5.74) is 0. The third-order valence-corrected chi connectivity index (χ3v) is 16.6. The smallest absolute Gasteiger partial charge is 0.462 e. The molecule has 0 saturated heterocycles. The molecule has 0 fully saturated rings. The van der Waals surface area contributed by atoms with Gasteiger partial charge in [-0.1, -0.05) is 266 Å². The van der Waals surface area contributed by atoms with Crippen molar-refractivity contribution < 1.29 is 80.2 Å². The van der Waals surface area contributed by atoms with Crippen molar-refractivity contribution in [3.8, 4) is 0 Å². The Kier molecular flexibility index (Phi) is 55.2. The molecule has 0 aromatic carbocycles. The summed E-state index contributed by atoms with van der Waals surface area (Å²) in [6, 6.07) is 0. The van der Waals surface area contributed by atoms with Crippen molar-refractivity contribution in [2.75, 3.05) is 39.6 Å². The molecule has 5 atom stereocenters. The molecule has 0 rings (SSSR count). The molecule has 0 aliphatic carbocycles. The number of hydrogen-bond acceptors (Lipinski definition) is 15. The minimum atomic E-state index is -4.94. The van der Waals surface area contributed by atoms with Gasteiger partial charge in [-0.3, -0.25) is 37.3 Å². The maximum Gasteiger partial charge on any atom is 0.472 e. The molecule has 0 aromatic heterocycles. The van der Waals surface area contributed by atoms with Gasteiger partial charge in [0.15, 0.2) is 12.2 Å². The molecule has 0 radical (unpaired) electrons. The number of aliphatic hydroxyl groups is 1. The molecule has 0 aromatic rings. The fourth-order valence-corrected chi connectivity index (χ4v) is 11.1. The first-order valence-electron chi connectivity index (χ1n) is 33.5. The molecule has 0 bridgehead atoms. The summed E-state index contributed by atoms with van der Waals surface area (Å²) in [4.78, 5) is 72.2. The second-order valence-electron chi connectivity index (χ2n) is 24.1. The number of aliphatic hydroxyl groups excluding tert-OH is 1. The number of phosphoric ester groups is 2. The van der Waals surface area contributed by atoms with Gasteiger partial charge in [0.1, 0.15) is 19.3 Å². The van der Waals surface area contributed by atoms with E-state index in [1.807, 2.05) is 0 Å². The summed E-state index contributed by atoms with van der Waals surface area (Å²) < 4.78 is 68.0. The summed E-state index contributed by atoms with van der Waals surface area (Å²) in [6.45, 7) is 9.43. The van der Waals surface area contributed by atoms with E-state index in [2.05, 4.69) is 41.5 Å².